The average molecular weight is 590 g/mol. The first-order valence-corrected chi connectivity index (χ1v) is 15.1. The highest BCUT2D eigenvalue weighted by Crippen LogP contribution is 2.26. The Labute approximate surface area is 246 Å². The number of benzene rings is 4. The molecular weight excluding hydrogens is 558 g/mol. The number of anilines is 1. The molecule has 1 atom stereocenters. The Kier molecular flexibility index (Phi) is 10.2. The smallest absolute Gasteiger partial charge is 0.264 e. The summed E-state index contributed by atoms with van der Waals surface area (Å²) in [7, 11) is -4.14. The second-order valence-corrected chi connectivity index (χ2v) is 11.7. The van der Waals surface area contributed by atoms with Gasteiger partial charge in [0.2, 0.25) is 11.8 Å². The molecule has 0 fully saturated rings. The summed E-state index contributed by atoms with van der Waals surface area (Å²) < 4.78 is 28.8. The van der Waals surface area contributed by atoms with Crippen LogP contribution in [-0.2, 0) is 32.6 Å². The lowest BCUT2D eigenvalue weighted by molar-refractivity contribution is -0.140. The molecule has 0 aliphatic rings. The molecule has 1 N–H and O–H groups in total. The summed E-state index contributed by atoms with van der Waals surface area (Å²) in [6.45, 7) is 1.80. The Morgan fingerprint density at radius 2 is 1.32 bits per heavy atom. The highest BCUT2D eigenvalue weighted by atomic mass is 35.5. The number of likely N-dealkylation sites (N-methyl/N-ethyl adjacent to an activating group) is 1. The fourth-order valence-corrected chi connectivity index (χ4v) is 6.04. The zero-order valence-electron chi connectivity index (χ0n) is 22.7. The molecule has 0 saturated carbocycles. The van der Waals surface area contributed by atoms with Crippen molar-refractivity contribution in [3.05, 3.63) is 131 Å². The van der Waals surface area contributed by atoms with Crippen LogP contribution in [0, 0.1) is 0 Å². The van der Waals surface area contributed by atoms with E-state index >= 15 is 0 Å². The molecule has 4 aromatic rings. The summed E-state index contributed by atoms with van der Waals surface area (Å²) in [5.41, 5.74) is 1.97. The van der Waals surface area contributed by atoms with Crippen molar-refractivity contribution >= 4 is 39.1 Å². The molecule has 7 nitrogen and oxygen atoms in total. The Bertz CT molecular complexity index is 1530. The monoisotopic (exact) mass is 589 g/mol. The molecule has 0 aliphatic carbocycles. The summed E-state index contributed by atoms with van der Waals surface area (Å²) in [5, 5.41) is 3.29. The standard InChI is InChI=1S/C32H32ClN3O4S/c1-2-34-32(38)30(22-25-12-6-3-7-13-25)35(23-26-14-8-4-9-15-26)31(37)24-36(28-20-18-27(33)19-21-28)41(39,40)29-16-10-5-11-17-29/h3-21,30H,2,22-24H2,1H3,(H,34,38). The zero-order valence-corrected chi connectivity index (χ0v) is 24.3. The molecule has 4 rings (SSSR count). The van der Waals surface area contributed by atoms with Gasteiger partial charge in [-0.15, -0.1) is 0 Å². The van der Waals surface area contributed by atoms with Gasteiger partial charge in [-0.2, -0.15) is 0 Å². The van der Waals surface area contributed by atoms with Crippen molar-refractivity contribution in [2.45, 2.75) is 30.8 Å². The number of hydrogen-bond acceptors (Lipinski definition) is 4. The van der Waals surface area contributed by atoms with E-state index in [9.17, 15) is 18.0 Å². The fourth-order valence-electron chi connectivity index (χ4n) is 4.48. The fraction of sp³-hybridized carbons (Fsp3) is 0.188. The average Bonchev–Trinajstić information content (AvgIpc) is 2.99. The van der Waals surface area contributed by atoms with Crippen LogP contribution >= 0.6 is 11.6 Å². The van der Waals surface area contributed by atoms with Crippen LogP contribution in [0.2, 0.25) is 5.02 Å². The molecule has 212 valence electrons. The zero-order chi connectivity index (χ0) is 29.2. The van der Waals surface area contributed by atoms with Crippen LogP contribution in [0.25, 0.3) is 0 Å². The number of amides is 2. The summed E-state index contributed by atoms with van der Waals surface area (Å²) >= 11 is 6.09. The summed E-state index contributed by atoms with van der Waals surface area (Å²) in [5.74, 6) is -0.833. The molecule has 0 radical (unpaired) electrons. The number of carbonyl (C=O) groups is 2. The first-order chi connectivity index (χ1) is 19.8. The van der Waals surface area contributed by atoms with E-state index in [0.717, 1.165) is 15.4 Å². The van der Waals surface area contributed by atoms with E-state index in [2.05, 4.69) is 5.32 Å². The lowest BCUT2D eigenvalue weighted by atomic mass is 10.0. The molecule has 4 aromatic carbocycles. The second kappa shape index (κ2) is 14.0. The van der Waals surface area contributed by atoms with Crippen molar-refractivity contribution in [1.82, 2.24) is 10.2 Å². The van der Waals surface area contributed by atoms with Crippen LogP contribution in [0.15, 0.2) is 120 Å². The van der Waals surface area contributed by atoms with Crippen LogP contribution < -0.4 is 9.62 Å². The Hall–Kier alpha value is -4.14. The predicted molar refractivity (Wildman–Crippen MR) is 162 cm³/mol. The molecule has 41 heavy (non-hydrogen) atoms. The van der Waals surface area contributed by atoms with E-state index in [-0.39, 0.29) is 29.5 Å². The van der Waals surface area contributed by atoms with Gasteiger partial charge < -0.3 is 10.2 Å². The van der Waals surface area contributed by atoms with Gasteiger partial charge in [0.15, 0.2) is 0 Å². The van der Waals surface area contributed by atoms with Gasteiger partial charge in [0.1, 0.15) is 12.6 Å². The molecule has 0 saturated heterocycles. The second-order valence-electron chi connectivity index (χ2n) is 9.41. The van der Waals surface area contributed by atoms with E-state index in [1.165, 1.54) is 17.0 Å². The molecule has 0 aromatic heterocycles. The Morgan fingerprint density at radius 1 is 0.780 bits per heavy atom. The number of halogens is 1. The highest BCUT2D eigenvalue weighted by Gasteiger charge is 2.34. The van der Waals surface area contributed by atoms with Gasteiger partial charge in [0.05, 0.1) is 10.6 Å². The SMILES string of the molecule is CCNC(=O)C(Cc1ccccc1)N(Cc1ccccc1)C(=O)CN(c1ccc(Cl)cc1)S(=O)(=O)c1ccccc1. The largest absolute Gasteiger partial charge is 0.355 e. The van der Waals surface area contributed by atoms with E-state index in [0.29, 0.717) is 11.6 Å². The van der Waals surface area contributed by atoms with Crippen LogP contribution in [0.5, 0.6) is 0 Å². The van der Waals surface area contributed by atoms with Crippen molar-refractivity contribution in [2.75, 3.05) is 17.4 Å². The van der Waals surface area contributed by atoms with Crippen molar-refractivity contribution in [3.8, 4) is 0 Å². The maximum Gasteiger partial charge on any atom is 0.264 e. The van der Waals surface area contributed by atoms with Gasteiger partial charge in [-0.05, 0) is 54.4 Å². The van der Waals surface area contributed by atoms with Gasteiger partial charge >= 0.3 is 0 Å². The van der Waals surface area contributed by atoms with Crippen LogP contribution in [0.3, 0.4) is 0 Å². The molecule has 9 heteroatoms. The third-order valence-electron chi connectivity index (χ3n) is 6.54. The van der Waals surface area contributed by atoms with Gasteiger partial charge in [-0.25, -0.2) is 8.42 Å². The molecule has 0 aliphatic heterocycles. The third kappa shape index (κ3) is 7.74. The minimum absolute atomic E-state index is 0.0434. The van der Waals surface area contributed by atoms with E-state index in [4.69, 9.17) is 11.6 Å². The Morgan fingerprint density at radius 3 is 1.88 bits per heavy atom. The number of sulfonamides is 1. The van der Waals surface area contributed by atoms with E-state index in [1.54, 1.807) is 42.5 Å². The normalized spacial score (nSPS) is 11.9. The minimum atomic E-state index is -4.14. The highest BCUT2D eigenvalue weighted by molar-refractivity contribution is 7.92. The lowest BCUT2D eigenvalue weighted by Crippen LogP contribution is -2.53. The summed E-state index contributed by atoms with van der Waals surface area (Å²) in [4.78, 5) is 29.2. The van der Waals surface area contributed by atoms with Crippen molar-refractivity contribution in [1.29, 1.82) is 0 Å². The number of nitrogens with one attached hydrogen (secondary N) is 1. The summed E-state index contributed by atoms with van der Waals surface area (Å²) in [6.07, 6.45) is 0.262. The van der Waals surface area contributed by atoms with Crippen LogP contribution in [-0.4, -0.2) is 44.3 Å². The maximum absolute atomic E-state index is 14.2. The predicted octanol–water partition coefficient (Wildman–Crippen LogP) is 5.31. The first kappa shape index (κ1) is 29.8. The molecule has 0 spiro atoms. The molecule has 0 bridgehead atoms. The van der Waals surface area contributed by atoms with Crippen molar-refractivity contribution < 1.29 is 18.0 Å². The van der Waals surface area contributed by atoms with Gasteiger partial charge in [0.25, 0.3) is 10.0 Å². The topological polar surface area (TPSA) is 86.8 Å². The quantitative estimate of drug-likeness (QED) is 0.243. The lowest BCUT2D eigenvalue weighted by Gasteiger charge is -2.33. The number of hydrogen-bond donors (Lipinski definition) is 1. The number of nitrogens with zero attached hydrogens (tertiary/aromatic N) is 2. The molecular formula is C32H32ClN3O4S. The van der Waals surface area contributed by atoms with E-state index < -0.39 is 28.5 Å². The van der Waals surface area contributed by atoms with Crippen LogP contribution in [0.4, 0.5) is 5.69 Å². The van der Waals surface area contributed by atoms with Gasteiger partial charge in [0, 0.05) is 24.5 Å². The van der Waals surface area contributed by atoms with E-state index in [1.807, 2.05) is 67.6 Å². The number of carbonyl (C=O) groups excluding carboxylic acids is 2. The van der Waals surface area contributed by atoms with Crippen LogP contribution in [0.1, 0.15) is 18.1 Å². The van der Waals surface area contributed by atoms with Crippen molar-refractivity contribution in [3.63, 3.8) is 0 Å². The number of rotatable bonds is 12. The Balaban J connectivity index is 1.77. The van der Waals surface area contributed by atoms with Gasteiger partial charge in [-0.3, -0.25) is 13.9 Å². The third-order valence-corrected chi connectivity index (χ3v) is 8.58. The summed E-state index contributed by atoms with van der Waals surface area (Å²) in [6, 6.07) is 32.1. The van der Waals surface area contributed by atoms with Gasteiger partial charge in [-0.1, -0.05) is 90.5 Å². The molecule has 2 amide bonds. The van der Waals surface area contributed by atoms with Crippen molar-refractivity contribution in [2.24, 2.45) is 0 Å². The molecule has 1 unspecified atom stereocenters. The first-order valence-electron chi connectivity index (χ1n) is 13.3. The molecule has 0 heterocycles. The minimum Gasteiger partial charge on any atom is -0.355 e. The maximum atomic E-state index is 14.2.